The van der Waals surface area contributed by atoms with Gasteiger partial charge in [0.25, 0.3) is 0 Å². The Morgan fingerprint density at radius 3 is 2.61 bits per heavy atom. The predicted molar refractivity (Wildman–Crippen MR) is 126 cm³/mol. The normalized spacial score (nSPS) is 38.6. The fraction of sp³-hybridized carbons (Fsp3) is 0.560. The van der Waals surface area contributed by atoms with E-state index in [0.717, 1.165) is 0 Å². The minimum atomic E-state index is -1.81. The van der Waals surface area contributed by atoms with E-state index in [2.05, 4.69) is 0 Å². The second kappa shape index (κ2) is 11.6. The number of phenolic OH excluding ortho intramolecular Hbond substituents is 1. The number of aliphatic hydroxyl groups excluding tert-OH is 5. The Balaban J connectivity index is 1.47. The number of methoxy groups -OCH3 is 1. The summed E-state index contributed by atoms with van der Waals surface area (Å²) in [6.45, 7) is -1.39. The summed E-state index contributed by atoms with van der Waals surface area (Å²) in [6.07, 6.45) is -4.66. The molecule has 38 heavy (non-hydrogen) atoms. The maximum absolute atomic E-state index is 12.6. The molecule has 2 heterocycles. The summed E-state index contributed by atoms with van der Waals surface area (Å²) in [7, 11) is 1.39. The van der Waals surface area contributed by atoms with Crippen LogP contribution in [0.4, 0.5) is 0 Å². The number of benzene rings is 1. The standard InChI is InChI=1S/C25H32O13/c1-34-15-8-12(2-4-14(15)28)3-5-18(29)36-16-9-25(33,11-27)19-13(16)6-7-35-23(19)38-24-22(32)21(31)20(30)17(10-26)37-24/h2-8,13,16-17,19-24,26-28,30-33H,9-11H2,1H3/t13-,16+,17+,19+,20+,21-,22+,23-,24-,25+/m0/s1. The summed E-state index contributed by atoms with van der Waals surface area (Å²) in [5.74, 6) is -2.20. The molecule has 1 aromatic carbocycles. The van der Waals surface area contributed by atoms with E-state index in [0.29, 0.717) is 5.56 Å². The van der Waals surface area contributed by atoms with Crippen LogP contribution in [-0.2, 0) is 23.7 Å². The third-order valence-electron chi connectivity index (χ3n) is 7.10. The molecular weight excluding hydrogens is 508 g/mol. The van der Waals surface area contributed by atoms with Gasteiger partial charge in [-0.3, -0.25) is 0 Å². The van der Waals surface area contributed by atoms with Crippen LogP contribution in [0.25, 0.3) is 6.08 Å². The molecule has 210 valence electrons. The topological polar surface area (TPSA) is 205 Å². The van der Waals surface area contributed by atoms with Crippen molar-refractivity contribution in [2.24, 2.45) is 11.8 Å². The minimum Gasteiger partial charge on any atom is -0.504 e. The zero-order valence-electron chi connectivity index (χ0n) is 20.4. The number of fused-ring (bicyclic) bond motifs is 1. The van der Waals surface area contributed by atoms with Crippen molar-refractivity contribution in [3.63, 3.8) is 0 Å². The number of carbonyl (C=O) groups excluding carboxylic acids is 1. The second-order valence-corrected chi connectivity index (χ2v) is 9.48. The quantitative estimate of drug-likeness (QED) is 0.146. The molecule has 13 nitrogen and oxygen atoms in total. The first kappa shape index (κ1) is 28.3. The second-order valence-electron chi connectivity index (χ2n) is 9.48. The molecule has 13 heteroatoms. The van der Waals surface area contributed by atoms with Gasteiger partial charge in [0.2, 0.25) is 6.29 Å². The van der Waals surface area contributed by atoms with E-state index in [1.54, 1.807) is 12.1 Å². The minimum absolute atomic E-state index is 0.0562. The van der Waals surface area contributed by atoms with Crippen LogP contribution in [0.3, 0.4) is 0 Å². The number of phenols is 1. The summed E-state index contributed by atoms with van der Waals surface area (Å²) >= 11 is 0. The monoisotopic (exact) mass is 540 g/mol. The highest BCUT2D eigenvalue weighted by molar-refractivity contribution is 5.87. The van der Waals surface area contributed by atoms with Gasteiger partial charge >= 0.3 is 5.97 Å². The first-order chi connectivity index (χ1) is 18.1. The molecule has 7 N–H and O–H groups in total. The van der Waals surface area contributed by atoms with Crippen LogP contribution in [0.5, 0.6) is 11.5 Å². The number of aromatic hydroxyl groups is 1. The highest BCUT2D eigenvalue weighted by atomic mass is 16.8. The van der Waals surface area contributed by atoms with Crippen LogP contribution in [-0.4, -0.2) is 111 Å². The maximum Gasteiger partial charge on any atom is 0.331 e. The van der Waals surface area contributed by atoms with Gasteiger partial charge in [-0.2, -0.15) is 0 Å². The first-order valence-corrected chi connectivity index (χ1v) is 12.0. The Kier molecular flexibility index (Phi) is 8.59. The van der Waals surface area contributed by atoms with E-state index in [-0.39, 0.29) is 17.9 Å². The zero-order valence-corrected chi connectivity index (χ0v) is 20.4. The van der Waals surface area contributed by atoms with Crippen molar-refractivity contribution in [1.29, 1.82) is 0 Å². The fourth-order valence-corrected chi connectivity index (χ4v) is 5.06. The summed E-state index contributed by atoms with van der Waals surface area (Å²) in [4.78, 5) is 12.6. The van der Waals surface area contributed by atoms with E-state index in [1.165, 1.54) is 37.7 Å². The highest BCUT2D eigenvalue weighted by Crippen LogP contribution is 2.48. The third-order valence-corrected chi connectivity index (χ3v) is 7.10. The Morgan fingerprint density at radius 1 is 1.16 bits per heavy atom. The van der Waals surface area contributed by atoms with Crippen molar-refractivity contribution in [2.45, 2.75) is 55.1 Å². The van der Waals surface area contributed by atoms with Gasteiger partial charge in [0.1, 0.15) is 36.1 Å². The lowest BCUT2D eigenvalue weighted by Gasteiger charge is -2.43. The molecule has 3 aliphatic rings. The van der Waals surface area contributed by atoms with Crippen LogP contribution >= 0.6 is 0 Å². The molecule has 1 saturated heterocycles. The Labute approximate surface area is 217 Å². The smallest absolute Gasteiger partial charge is 0.331 e. The molecular formula is C25H32O13. The Hall–Kier alpha value is -2.75. The first-order valence-electron chi connectivity index (χ1n) is 12.0. The van der Waals surface area contributed by atoms with Crippen molar-refractivity contribution in [3.8, 4) is 11.5 Å². The number of rotatable bonds is 8. The molecule has 1 aromatic rings. The van der Waals surface area contributed by atoms with Gasteiger partial charge in [-0.1, -0.05) is 6.07 Å². The van der Waals surface area contributed by atoms with Gasteiger partial charge in [0.15, 0.2) is 17.8 Å². The van der Waals surface area contributed by atoms with Gasteiger partial charge in [0, 0.05) is 18.4 Å². The van der Waals surface area contributed by atoms with E-state index >= 15 is 0 Å². The average molecular weight is 541 g/mol. The summed E-state index contributed by atoms with van der Waals surface area (Å²) in [6, 6.07) is 4.51. The molecule has 0 aromatic heterocycles. The van der Waals surface area contributed by atoms with Crippen molar-refractivity contribution in [2.75, 3.05) is 20.3 Å². The summed E-state index contributed by atoms with van der Waals surface area (Å²) in [5, 5.41) is 70.7. The van der Waals surface area contributed by atoms with Gasteiger partial charge < -0.3 is 59.4 Å². The van der Waals surface area contributed by atoms with Crippen LogP contribution in [0, 0.1) is 11.8 Å². The van der Waals surface area contributed by atoms with E-state index in [4.69, 9.17) is 23.7 Å². The number of aliphatic hydroxyl groups is 6. The number of esters is 1. The van der Waals surface area contributed by atoms with Gasteiger partial charge in [-0.15, -0.1) is 0 Å². The van der Waals surface area contributed by atoms with Gasteiger partial charge in [-0.05, 0) is 29.8 Å². The Bertz CT molecular complexity index is 1040. The van der Waals surface area contributed by atoms with Crippen LogP contribution in [0.15, 0.2) is 36.6 Å². The lowest BCUT2D eigenvalue weighted by atomic mass is 9.84. The van der Waals surface area contributed by atoms with Crippen molar-refractivity contribution >= 4 is 12.0 Å². The molecule has 0 bridgehead atoms. The average Bonchev–Trinajstić information content (AvgIpc) is 3.20. The maximum atomic E-state index is 12.6. The molecule has 0 spiro atoms. The number of hydrogen-bond acceptors (Lipinski definition) is 13. The number of ether oxygens (including phenoxy) is 5. The Morgan fingerprint density at radius 2 is 1.92 bits per heavy atom. The largest absolute Gasteiger partial charge is 0.504 e. The summed E-state index contributed by atoms with van der Waals surface area (Å²) < 4.78 is 27.2. The summed E-state index contributed by atoms with van der Waals surface area (Å²) in [5.41, 5.74) is -1.25. The van der Waals surface area contributed by atoms with E-state index in [9.17, 15) is 40.5 Å². The lowest BCUT2D eigenvalue weighted by Crippen LogP contribution is -2.61. The molecule has 0 unspecified atom stereocenters. The fourth-order valence-electron chi connectivity index (χ4n) is 5.06. The van der Waals surface area contributed by atoms with Crippen LogP contribution in [0.2, 0.25) is 0 Å². The predicted octanol–water partition coefficient (Wildman–Crippen LogP) is -1.63. The van der Waals surface area contributed by atoms with Crippen LogP contribution < -0.4 is 4.74 Å². The molecule has 4 rings (SSSR count). The third kappa shape index (κ3) is 5.51. The molecule has 2 aliphatic heterocycles. The van der Waals surface area contributed by atoms with Gasteiger partial charge in [0.05, 0.1) is 32.5 Å². The number of carbonyl (C=O) groups is 1. The molecule has 10 atom stereocenters. The van der Waals surface area contributed by atoms with Crippen molar-refractivity contribution in [1.82, 2.24) is 0 Å². The van der Waals surface area contributed by atoms with Crippen molar-refractivity contribution < 1.29 is 64.2 Å². The highest BCUT2D eigenvalue weighted by Gasteiger charge is 2.59. The van der Waals surface area contributed by atoms with Crippen molar-refractivity contribution in [3.05, 3.63) is 42.2 Å². The zero-order chi connectivity index (χ0) is 27.6. The molecule has 2 fully saturated rings. The van der Waals surface area contributed by atoms with Crippen LogP contribution in [0.1, 0.15) is 12.0 Å². The van der Waals surface area contributed by atoms with E-state index < -0.39 is 79.7 Å². The molecule has 0 amide bonds. The van der Waals surface area contributed by atoms with E-state index in [1.807, 2.05) is 0 Å². The SMILES string of the molecule is COc1cc(C=CC(=O)O[C@@H]2C[C@@](O)(CO)[C@H]3[C@H](O[C@@H]4O[C@H](CO)[C@@H](O)[C@H](O)[C@H]4O)OC=C[C@H]32)ccc1O. The lowest BCUT2D eigenvalue weighted by molar-refractivity contribution is -0.347. The molecule has 1 aliphatic carbocycles. The van der Waals surface area contributed by atoms with Gasteiger partial charge in [-0.25, -0.2) is 4.79 Å². The molecule has 0 radical (unpaired) electrons. The molecule has 1 saturated carbocycles. The number of hydrogen-bond donors (Lipinski definition) is 7.